The first kappa shape index (κ1) is 22.9. The highest BCUT2D eigenvalue weighted by atomic mass is 35.5. The fourth-order valence-electron chi connectivity index (χ4n) is 3.33. The van der Waals surface area contributed by atoms with Gasteiger partial charge in [-0.15, -0.1) is 11.3 Å². The van der Waals surface area contributed by atoms with Crippen molar-refractivity contribution >= 4 is 39.9 Å². The van der Waals surface area contributed by atoms with E-state index in [4.69, 9.17) is 25.7 Å². The Hall–Kier alpha value is -3.30. The van der Waals surface area contributed by atoms with Crippen molar-refractivity contribution in [3.05, 3.63) is 70.7 Å². The lowest BCUT2D eigenvalue weighted by Crippen LogP contribution is -2.42. The number of ether oxygens (including phenoxy) is 1. The zero-order chi connectivity index (χ0) is 23.2. The number of rotatable bonds is 9. The maximum atomic E-state index is 12.8. The standard InChI is InChI=1S/C23H23ClN4O4S/c1-2-31-21(29)12-25-22(30)27(13-19-4-3-11-32-19)10-9-18-15-33-23-26-20(14-28(18)23)16-5-7-17(24)8-6-16/h3-8,11,14-15H,2,9-10,12-13H2,1H3,(H,25,30). The molecule has 0 spiro atoms. The minimum atomic E-state index is -0.475. The highest BCUT2D eigenvalue weighted by Crippen LogP contribution is 2.25. The van der Waals surface area contributed by atoms with Gasteiger partial charge in [0.05, 0.1) is 25.1 Å². The summed E-state index contributed by atoms with van der Waals surface area (Å²) in [7, 11) is 0. The molecule has 0 radical (unpaired) electrons. The highest BCUT2D eigenvalue weighted by molar-refractivity contribution is 7.15. The molecule has 0 aliphatic heterocycles. The molecule has 0 fully saturated rings. The van der Waals surface area contributed by atoms with Gasteiger partial charge in [0.2, 0.25) is 0 Å². The molecule has 3 aromatic heterocycles. The fraction of sp³-hybridized carbons (Fsp3) is 0.261. The number of nitrogens with one attached hydrogen (secondary N) is 1. The van der Waals surface area contributed by atoms with Crippen LogP contribution in [0.15, 0.2) is 58.7 Å². The van der Waals surface area contributed by atoms with Gasteiger partial charge in [-0.2, -0.15) is 0 Å². The Morgan fingerprint density at radius 2 is 2.09 bits per heavy atom. The number of aromatic nitrogens is 2. The molecule has 10 heteroatoms. The molecule has 0 bridgehead atoms. The van der Waals surface area contributed by atoms with Gasteiger partial charge in [-0.3, -0.25) is 9.20 Å². The van der Waals surface area contributed by atoms with Crippen molar-refractivity contribution in [2.75, 3.05) is 19.7 Å². The van der Waals surface area contributed by atoms with E-state index < -0.39 is 5.97 Å². The number of carbonyl (C=O) groups is 2. The number of benzene rings is 1. The maximum absolute atomic E-state index is 12.8. The third-order valence-corrected chi connectivity index (χ3v) is 6.11. The summed E-state index contributed by atoms with van der Waals surface area (Å²) in [4.78, 5) is 31.6. The Kier molecular flexibility index (Phi) is 7.31. The summed E-state index contributed by atoms with van der Waals surface area (Å²) in [6.07, 6.45) is 4.16. The van der Waals surface area contributed by atoms with Crippen LogP contribution in [-0.4, -0.2) is 46.0 Å². The van der Waals surface area contributed by atoms with Crippen molar-refractivity contribution < 1.29 is 18.7 Å². The number of nitrogens with zero attached hydrogens (tertiary/aromatic N) is 3. The van der Waals surface area contributed by atoms with Gasteiger partial charge in [0.25, 0.3) is 0 Å². The number of esters is 1. The minimum absolute atomic E-state index is 0.185. The van der Waals surface area contributed by atoms with Crippen LogP contribution in [0.5, 0.6) is 0 Å². The number of hydrogen-bond acceptors (Lipinski definition) is 6. The second-order valence-corrected chi connectivity index (χ2v) is 8.50. The molecule has 3 heterocycles. The van der Waals surface area contributed by atoms with Crippen LogP contribution >= 0.6 is 22.9 Å². The Balaban J connectivity index is 1.46. The van der Waals surface area contributed by atoms with E-state index in [2.05, 4.69) is 5.32 Å². The SMILES string of the molecule is CCOC(=O)CNC(=O)N(CCc1csc2nc(-c3ccc(Cl)cc3)cn12)Cc1ccco1. The monoisotopic (exact) mass is 486 g/mol. The van der Waals surface area contributed by atoms with Gasteiger partial charge in [0, 0.05) is 40.8 Å². The number of carbonyl (C=O) groups excluding carboxylic acids is 2. The summed E-state index contributed by atoms with van der Waals surface area (Å²) in [6, 6.07) is 10.8. The van der Waals surface area contributed by atoms with Gasteiger partial charge in [-0.1, -0.05) is 23.7 Å². The van der Waals surface area contributed by atoms with E-state index in [0.717, 1.165) is 21.9 Å². The van der Waals surface area contributed by atoms with Crippen LogP contribution in [0.1, 0.15) is 18.4 Å². The molecule has 0 unspecified atom stereocenters. The second kappa shape index (κ2) is 10.5. The second-order valence-electron chi connectivity index (χ2n) is 7.23. The van der Waals surface area contributed by atoms with Crippen molar-refractivity contribution in [3.8, 4) is 11.3 Å². The average Bonchev–Trinajstić information content (AvgIpc) is 3.54. The Morgan fingerprint density at radius 1 is 1.27 bits per heavy atom. The van der Waals surface area contributed by atoms with E-state index in [0.29, 0.717) is 23.7 Å². The van der Waals surface area contributed by atoms with Gasteiger partial charge in [-0.05, 0) is 31.2 Å². The molecular formula is C23H23ClN4O4S. The normalized spacial score (nSPS) is 11.0. The van der Waals surface area contributed by atoms with Crippen molar-refractivity contribution in [1.82, 2.24) is 19.6 Å². The lowest BCUT2D eigenvalue weighted by molar-refractivity contribution is -0.141. The third kappa shape index (κ3) is 5.74. The molecule has 1 N–H and O–H groups in total. The van der Waals surface area contributed by atoms with E-state index >= 15 is 0 Å². The molecule has 2 amide bonds. The summed E-state index contributed by atoms with van der Waals surface area (Å²) >= 11 is 7.54. The number of urea groups is 1. The predicted octanol–water partition coefficient (Wildman–Crippen LogP) is 4.63. The van der Waals surface area contributed by atoms with Gasteiger partial charge in [-0.25, -0.2) is 9.78 Å². The molecular weight excluding hydrogens is 464 g/mol. The van der Waals surface area contributed by atoms with Crippen LogP contribution in [-0.2, 0) is 22.5 Å². The zero-order valence-corrected chi connectivity index (χ0v) is 19.6. The first-order chi connectivity index (χ1) is 16.0. The number of fused-ring (bicyclic) bond motifs is 1. The first-order valence-corrected chi connectivity index (χ1v) is 11.7. The molecule has 0 aliphatic rings. The van der Waals surface area contributed by atoms with Crippen LogP contribution in [0, 0.1) is 0 Å². The van der Waals surface area contributed by atoms with Crippen molar-refractivity contribution in [1.29, 1.82) is 0 Å². The van der Waals surface area contributed by atoms with Crippen LogP contribution in [0.2, 0.25) is 5.02 Å². The number of halogens is 1. The lowest BCUT2D eigenvalue weighted by atomic mass is 10.2. The summed E-state index contributed by atoms with van der Waals surface area (Å²) in [5.41, 5.74) is 2.88. The molecule has 0 saturated carbocycles. The summed E-state index contributed by atoms with van der Waals surface area (Å²) in [5, 5.41) is 5.34. The van der Waals surface area contributed by atoms with Gasteiger partial charge < -0.3 is 19.4 Å². The molecule has 4 rings (SSSR count). The Bertz CT molecular complexity index is 1220. The highest BCUT2D eigenvalue weighted by Gasteiger charge is 2.18. The number of furan rings is 1. The van der Waals surface area contributed by atoms with Crippen LogP contribution < -0.4 is 5.32 Å². The first-order valence-electron chi connectivity index (χ1n) is 10.5. The number of hydrogen-bond donors (Lipinski definition) is 1. The van der Waals surface area contributed by atoms with E-state index in [9.17, 15) is 9.59 Å². The van der Waals surface area contributed by atoms with E-state index in [-0.39, 0.29) is 25.7 Å². The van der Waals surface area contributed by atoms with Gasteiger partial charge in [0.1, 0.15) is 12.3 Å². The van der Waals surface area contributed by atoms with Crippen molar-refractivity contribution in [3.63, 3.8) is 0 Å². The summed E-state index contributed by atoms with van der Waals surface area (Å²) < 4.78 is 12.3. The molecule has 1 aromatic carbocycles. The zero-order valence-electron chi connectivity index (χ0n) is 18.0. The molecule has 8 nitrogen and oxygen atoms in total. The molecule has 0 atom stereocenters. The summed E-state index contributed by atoms with van der Waals surface area (Å²) in [6.45, 7) is 2.52. The minimum Gasteiger partial charge on any atom is -0.467 e. The topological polar surface area (TPSA) is 89.1 Å². The van der Waals surface area contributed by atoms with Crippen molar-refractivity contribution in [2.24, 2.45) is 0 Å². The quantitative estimate of drug-likeness (QED) is 0.348. The Morgan fingerprint density at radius 3 is 2.82 bits per heavy atom. The number of thiazole rings is 1. The van der Waals surface area contributed by atoms with Crippen molar-refractivity contribution in [2.45, 2.75) is 19.9 Å². The van der Waals surface area contributed by atoms with Crippen LogP contribution in [0.3, 0.4) is 0 Å². The largest absolute Gasteiger partial charge is 0.467 e. The lowest BCUT2D eigenvalue weighted by Gasteiger charge is -2.22. The number of amides is 2. The van der Waals surface area contributed by atoms with Gasteiger partial charge >= 0.3 is 12.0 Å². The summed E-state index contributed by atoms with van der Waals surface area (Å²) in [5.74, 6) is 0.181. The van der Waals surface area contributed by atoms with E-state index in [1.54, 1.807) is 35.5 Å². The van der Waals surface area contributed by atoms with E-state index in [1.807, 2.05) is 46.3 Å². The maximum Gasteiger partial charge on any atom is 0.325 e. The molecule has 0 aliphatic carbocycles. The number of imidazole rings is 1. The molecule has 33 heavy (non-hydrogen) atoms. The average molecular weight is 487 g/mol. The smallest absolute Gasteiger partial charge is 0.325 e. The predicted molar refractivity (Wildman–Crippen MR) is 126 cm³/mol. The van der Waals surface area contributed by atoms with E-state index in [1.165, 1.54) is 0 Å². The fourth-order valence-corrected chi connectivity index (χ4v) is 4.37. The molecule has 0 saturated heterocycles. The molecule has 4 aromatic rings. The molecule has 172 valence electrons. The van der Waals surface area contributed by atoms with Crippen LogP contribution in [0.25, 0.3) is 16.2 Å². The third-order valence-electron chi connectivity index (χ3n) is 4.96. The van der Waals surface area contributed by atoms with Gasteiger partial charge in [0.15, 0.2) is 4.96 Å². The van der Waals surface area contributed by atoms with Crippen LogP contribution in [0.4, 0.5) is 4.79 Å². The Labute approximate surface area is 199 Å².